The number of rotatable bonds is 4. The average Bonchev–Trinajstić information content (AvgIpc) is 3.10. The Labute approximate surface area is 166 Å². The van der Waals surface area contributed by atoms with Crippen LogP contribution in [0.5, 0.6) is 0 Å². The third kappa shape index (κ3) is 3.17. The number of aromatic nitrogens is 1. The number of nitrogens with zero attached hydrogens (tertiary/aromatic N) is 2. The molecule has 4 aromatic rings. The Kier molecular flexibility index (Phi) is 4.68. The van der Waals surface area contributed by atoms with E-state index >= 15 is 0 Å². The number of amides is 2. The monoisotopic (exact) mass is 389 g/mol. The standard InChI is InChI=1S/C21H19N5OS/c22-12-13-3-1-4-16(11-13)26(21(24)27)15-9-7-14(8-10-15)17-5-2-6-18-19(17)20(23)25-28-18/h1-11H,12,22H2,(H2,23,25)(H2,24,27). The van der Waals surface area contributed by atoms with Gasteiger partial charge in [-0.05, 0) is 58.6 Å². The van der Waals surface area contributed by atoms with Crippen LogP contribution in [0, 0.1) is 0 Å². The van der Waals surface area contributed by atoms with E-state index < -0.39 is 6.03 Å². The largest absolute Gasteiger partial charge is 0.382 e. The summed E-state index contributed by atoms with van der Waals surface area (Å²) in [4.78, 5) is 13.6. The van der Waals surface area contributed by atoms with E-state index in [2.05, 4.69) is 4.37 Å². The quantitative estimate of drug-likeness (QED) is 0.485. The first-order chi connectivity index (χ1) is 13.6. The molecule has 1 aromatic heterocycles. The van der Waals surface area contributed by atoms with Crippen molar-refractivity contribution >= 4 is 44.8 Å². The van der Waals surface area contributed by atoms with Crippen molar-refractivity contribution in [2.45, 2.75) is 6.54 Å². The Balaban J connectivity index is 1.75. The Morgan fingerprint density at radius 1 is 1.00 bits per heavy atom. The summed E-state index contributed by atoms with van der Waals surface area (Å²) in [5.41, 5.74) is 21.7. The molecule has 6 nitrogen and oxygen atoms in total. The maximum atomic E-state index is 12.1. The van der Waals surface area contributed by atoms with Crippen LogP contribution in [0.1, 0.15) is 5.56 Å². The van der Waals surface area contributed by atoms with Gasteiger partial charge in [-0.1, -0.05) is 36.4 Å². The second-order valence-electron chi connectivity index (χ2n) is 6.34. The van der Waals surface area contributed by atoms with Crippen molar-refractivity contribution in [3.63, 3.8) is 0 Å². The van der Waals surface area contributed by atoms with Crippen molar-refractivity contribution < 1.29 is 4.79 Å². The van der Waals surface area contributed by atoms with Gasteiger partial charge in [0, 0.05) is 11.9 Å². The molecule has 0 fully saturated rings. The van der Waals surface area contributed by atoms with Crippen LogP contribution in [0.3, 0.4) is 0 Å². The van der Waals surface area contributed by atoms with Gasteiger partial charge in [-0.15, -0.1) is 0 Å². The maximum Gasteiger partial charge on any atom is 0.323 e. The fraction of sp³-hybridized carbons (Fsp3) is 0.0476. The van der Waals surface area contributed by atoms with Crippen molar-refractivity contribution in [2.75, 3.05) is 10.6 Å². The zero-order chi connectivity index (χ0) is 19.7. The smallest absolute Gasteiger partial charge is 0.323 e. The molecule has 0 bridgehead atoms. The van der Waals surface area contributed by atoms with E-state index in [1.165, 1.54) is 16.4 Å². The van der Waals surface area contributed by atoms with E-state index in [-0.39, 0.29) is 0 Å². The summed E-state index contributed by atoms with van der Waals surface area (Å²) in [7, 11) is 0. The molecular weight excluding hydrogens is 370 g/mol. The lowest BCUT2D eigenvalue weighted by molar-refractivity contribution is 0.256. The Hall–Kier alpha value is -3.42. The van der Waals surface area contributed by atoms with E-state index in [0.717, 1.165) is 26.8 Å². The topological polar surface area (TPSA) is 111 Å². The highest BCUT2D eigenvalue weighted by atomic mass is 32.1. The zero-order valence-corrected chi connectivity index (χ0v) is 15.8. The number of urea groups is 1. The number of hydrogen-bond acceptors (Lipinski definition) is 5. The molecule has 0 spiro atoms. The summed E-state index contributed by atoms with van der Waals surface area (Å²) >= 11 is 1.38. The van der Waals surface area contributed by atoms with Crippen molar-refractivity contribution in [2.24, 2.45) is 11.5 Å². The minimum absolute atomic E-state index is 0.388. The second-order valence-corrected chi connectivity index (χ2v) is 7.15. The third-order valence-electron chi connectivity index (χ3n) is 4.59. The summed E-state index contributed by atoms with van der Waals surface area (Å²) in [6, 6.07) is 20.5. The van der Waals surface area contributed by atoms with Crippen molar-refractivity contribution in [3.05, 3.63) is 72.3 Å². The molecule has 0 radical (unpaired) electrons. The first-order valence-corrected chi connectivity index (χ1v) is 9.48. The molecule has 7 heteroatoms. The molecule has 0 aliphatic carbocycles. The molecule has 0 aliphatic heterocycles. The lowest BCUT2D eigenvalue weighted by atomic mass is 10.0. The van der Waals surface area contributed by atoms with Crippen LogP contribution in [0.4, 0.5) is 22.0 Å². The van der Waals surface area contributed by atoms with E-state index in [0.29, 0.717) is 23.7 Å². The first-order valence-electron chi connectivity index (χ1n) is 8.71. The molecule has 28 heavy (non-hydrogen) atoms. The highest BCUT2D eigenvalue weighted by molar-refractivity contribution is 7.13. The number of anilines is 3. The molecule has 4 rings (SSSR count). The lowest BCUT2D eigenvalue weighted by Gasteiger charge is -2.21. The van der Waals surface area contributed by atoms with Gasteiger partial charge in [0.2, 0.25) is 0 Å². The van der Waals surface area contributed by atoms with Gasteiger partial charge >= 0.3 is 6.03 Å². The van der Waals surface area contributed by atoms with E-state index in [1.54, 1.807) is 0 Å². The lowest BCUT2D eigenvalue weighted by Crippen LogP contribution is -2.31. The average molecular weight is 389 g/mol. The minimum Gasteiger partial charge on any atom is -0.382 e. The van der Waals surface area contributed by atoms with Crippen LogP contribution in [0.15, 0.2) is 66.7 Å². The van der Waals surface area contributed by atoms with Gasteiger partial charge in [0.25, 0.3) is 0 Å². The molecule has 1 heterocycles. The Bertz CT molecular complexity index is 1150. The number of benzene rings is 3. The van der Waals surface area contributed by atoms with Gasteiger partial charge in [-0.25, -0.2) is 4.79 Å². The fourth-order valence-corrected chi connectivity index (χ4v) is 4.01. The summed E-state index contributed by atoms with van der Waals surface area (Å²) < 4.78 is 5.29. The number of hydrogen-bond donors (Lipinski definition) is 3. The normalized spacial score (nSPS) is 10.9. The number of primary amides is 1. The van der Waals surface area contributed by atoms with Crippen LogP contribution in [0.25, 0.3) is 21.2 Å². The molecule has 2 amide bonds. The highest BCUT2D eigenvalue weighted by Gasteiger charge is 2.16. The molecule has 3 aromatic carbocycles. The highest BCUT2D eigenvalue weighted by Crippen LogP contribution is 2.36. The molecule has 6 N–H and O–H groups in total. The maximum absolute atomic E-state index is 12.1. The SMILES string of the molecule is NCc1cccc(N(C(N)=O)c2ccc(-c3cccc4snc(N)c34)cc2)c1. The van der Waals surface area contributed by atoms with Crippen molar-refractivity contribution in [1.29, 1.82) is 0 Å². The van der Waals surface area contributed by atoms with Gasteiger partial charge in [0.05, 0.1) is 16.1 Å². The second kappa shape index (κ2) is 7.30. The number of carbonyl (C=O) groups is 1. The number of nitrogens with two attached hydrogens (primary N) is 3. The Morgan fingerprint density at radius 3 is 2.46 bits per heavy atom. The van der Waals surface area contributed by atoms with E-state index in [1.807, 2.05) is 66.7 Å². The minimum atomic E-state index is -0.560. The summed E-state index contributed by atoms with van der Waals surface area (Å²) in [5.74, 6) is 0.525. The van der Waals surface area contributed by atoms with E-state index in [4.69, 9.17) is 17.2 Å². The van der Waals surface area contributed by atoms with Crippen LogP contribution in [0.2, 0.25) is 0 Å². The van der Waals surface area contributed by atoms with Gasteiger partial charge in [0.1, 0.15) is 5.82 Å². The summed E-state index contributed by atoms with van der Waals surface area (Å²) in [6.45, 7) is 0.388. The Morgan fingerprint density at radius 2 is 1.75 bits per heavy atom. The molecule has 0 unspecified atom stereocenters. The number of fused-ring (bicyclic) bond motifs is 1. The van der Waals surface area contributed by atoms with Crippen molar-refractivity contribution in [1.82, 2.24) is 4.37 Å². The molecule has 0 aliphatic rings. The zero-order valence-electron chi connectivity index (χ0n) is 15.0. The first kappa shape index (κ1) is 18.0. The van der Waals surface area contributed by atoms with E-state index in [9.17, 15) is 4.79 Å². The molecular formula is C21H19N5OS. The van der Waals surface area contributed by atoms with Crippen LogP contribution in [-0.4, -0.2) is 10.4 Å². The van der Waals surface area contributed by atoms with Gasteiger partial charge in [-0.2, -0.15) is 4.37 Å². The van der Waals surface area contributed by atoms with Crippen molar-refractivity contribution in [3.8, 4) is 11.1 Å². The molecule has 140 valence electrons. The number of carbonyl (C=O) groups excluding carboxylic acids is 1. The molecule has 0 atom stereocenters. The number of nitrogen functional groups attached to an aromatic ring is 1. The van der Waals surface area contributed by atoms with Crippen LogP contribution >= 0.6 is 11.5 Å². The third-order valence-corrected chi connectivity index (χ3v) is 5.41. The summed E-state index contributed by atoms with van der Waals surface area (Å²) in [5, 5.41) is 0.947. The van der Waals surface area contributed by atoms with Crippen LogP contribution < -0.4 is 22.1 Å². The predicted molar refractivity (Wildman–Crippen MR) is 116 cm³/mol. The molecule has 0 saturated carbocycles. The van der Waals surface area contributed by atoms with Gasteiger partial charge < -0.3 is 17.2 Å². The fourth-order valence-electron chi connectivity index (χ4n) is 3.27. The summed E-state index contributed by atoms with van der Waals surface area (Å²) in [6.07, 6.45) is 0. The van der Waals surface area contributed by atoms with Gasteiger partial charge in [0.15, 0.2) is 0 Å². The van der Waals surface area contributed by atoms with Crippen LogP contribution in [-0.2, 0) is 6.54 Å². The predicted octanol–water partition coefficient (Wildman–Crippen LogP) is 4.22. The van der Waals surface area contributed by atoms with Gasteiger partial charge in [-0.3, -0.25) is 4.90 Å². The molecule has 0 saturated heterocycles.